The molecule has 336 valence electrons. The van der Waals surface area contributed by atoms with E-state index in [4.69, 9.17) is 14.2 Å². The van der Waals surface area contributed by atoms with Crippen LogP contribution in [0.3, 0.4) is 0 Å². The van der Waals surface area contributed by atoms with Crippen LogP contribution < -0.4 is 0 Å². The maximum Gasteiger partial charge on any atom is 0.362 e. The molecule has 2 atom stereocenters. The molecule has 59 heavy (non-hydrogen) atoms. The number of hydrogen-bond donors (Lipinski definition) is 1. The molecular formula is C51H86NO7+. The van der Waals surface area contributed by atoms with Crippen LogP contribution in [0.5, 0.6) is 0 Å². The van der Waals surface area contributed by atoms with Crippen LogP contribution in [-0.4, -0.2) is 80.6 Å². The number of nitrogens with zero attached hydrogens (tertiary/aromatic N) is 1. The van der Waals surface area contributed by atoms with Crippen LogP contribution in [0, 0.1) is 0 Å². The Morgan fingerprint density at radius 1 is 0.525 bits per heavy atom. The minimum atomic E-state index is -0.882. The average Bonchev–Trinajstić information content (AvgIpc) is 3.19. The van der Waals surface area contributed by atoms with Crippen LogP contribution in [-0.2, 0) is 28.6 Å². The molecule has 0 saturated heterocycles. The van der Waals surface area contributed by atoms with E-state index < -0.39 is 18.1 Å². The lowest BCUT2D eigenvalue weighted by molar-refractivity contribution is -0.887. The number of quaternary nitrogens is 1. The predicted octanol–water partition coefficient (Wildman–Crippen LogP) is 12.9. The van der Waals surface area contributed by atoms with Crippen molar-refractivity contribution in [3.8, 4) is 0 Å². The Labute approximate surface area is 361 Å². The summed E-state index contributed by atoms with van der Waals surface area (Å²) in [6.45, 7) is 4.46. The molecule has 0 heterocycles. The summed E-state index contributed by atoms with van der Waals surface area (Å²) in [5.41, 5.74) is 0. The third-order valence-corrected chi connectivity index (χ3v) is 9.85. The van der Waals surface area contributed by atoms with Crippen molar-refractivity contribution in [3.63, 3.8) is 0 Å². The molecule has 0 bridgehead atoms. The molecule has 1 N–H and O–H groups in total. The van der Waals surface area contributed by atoms with Crippen molar-refractivity contribution in [3.05, 3.63) is 85.1 Å². The van der Waals surface area contributed by atoms with E-state index in [0.29, 0.717) is 19.3 Å². The number of hydrogen-bond acceptors (Lipinski definition) is 6. The van der Waals surface area contributed by atoms with E-state index in [1.165, 1.54) is 44.9 Å². The number of unbranched alkanes of at least 4 members (excludes halogenated alkanes) is 14. The molecular weight excluding hydrogens is 739 g/mol. The summed E-state index contributed by atoms with van der Waals surface area (Å²) in [7, 11) is 5.51. The molecule has 2 unspecified atom stereocenters. The van der Waals surface area contributed by atoms with Gasteiger partial charge in [-0.1, -0.05) is 163 Å². The van der Waals surface area contributed by atoms with Gasteiger partial charge in [-0.05, 0) is 70.6 Å². The van der Waals surface area contributed by atoms with Gasteiger partial charge in [-0.3, -0.25) is 9.59 Å². The highest BCUT2D eigenvalue weighted by atomic mass is 16.6. The number of likely N-dealkylation sites (N-methyl/N-ethyl adjacent to an activating group) is 1. The van der Waals surface area contributed by atoms with Crippen molar-refractivity contribution in [1.29, 1.82) is 0 Å². The Bertz CT molecular complexity index is 1240. The van der Waals surface area contributed by atoms with Gasteiger partial charge < -0.3 is 23.8 Å². The summed E-state index contributed by atoms with van der Waals surface area (Å²) in [5.74, 6) is -1.51. The molecule has 0 amide bonds. The Hall–Kier alpha value is -3.49. The van der Waals surface area contributed by atoms with Crippen molar-refractivity contribution < 1.29 is 38.2 Å². The van der Waals surface area contributed by atoms with E-state index >= 15 is 0 Å². The average molecular weight is 825 g/mol. The molecule has 0 aromatic heterocycles. The van der Waals surface area contributed by atoms with Gasteiger partial charge in [0.05, 0.1) is 34.4 Å². The lowest BCUT2D eigenvalue weighted by Gasteiger charge is -2.31. The van der Waals surface area contributed by atoms with Crippen LogP contribution in [0.25, 0.3) is 0 Å². The second-order valence-electron chi connectivity index (χ2n) is 16.3. The minimum Gasteiger partial charge on any atom is -0.477 e. The van der Waals surface area contributed by atoms with Crippen molar-refractivity contribution in [2.45, 2.75) is 180 Å². The van der Waals surface area contributed by atoms with E-state index in [9.17, 15) is 19.5 Å². The van der Waals surface area contributed by atoms with Gasteiger partial charge in [-0.15, -0.1) is 0 Å². The predicted molar refractivity (Wildman–Crippen MR) is 247 cm³/mol. The minimum absolute atomic E-state index is 0.0478. The highest BCUT2D eigenvalue weighted by Gasteiger charge is 2.31. The fraction of sp³-hybridized carbons (Fsp3) is 0.667. The molecule has 0 aliphatic rings. The Morgan fingerprint density at radius 3 is 1.51 bits per heavy atom. The number of carbonyl (C=O) groups is 3. The van der Waals surface area contributed by atoms with Crippen LogP contribution in [0.15, 0.2) is 85.1 Å². The monoisotopic (exact) mass is 825 g/mol. The number of esters is 2. The molecule has 8 heteroatoms. The molecule has 0 rings (SSSR count). The van der Waals surface area contributed by atoms with E-state index in [1.807, 2.05) is 21.1 Å². The van der Waals surface area contributed by atoms with Gasteiger partial charge in [-0.2, -0.15) is 0 Å². The quantitative estimate of drug-likeness (QED) is 0.0216. The van der Waals surface area contributed by atoms with Crippen molar-refractivity contribution in [1.82, 2.24) is 0 Å². The first-order chi connectivity index (χ1) is 28.6. The summed E-state index contributed by atoms with van der Waals surface area (Å²) in [6, 6.07) is -0.623. The summed E-state index contributed by atoms with van der Waals surface area (Å²) >= 11 is 0. The zero-order valence-electron chi connectivity index (χ0n) is 38.2. The lowest BCUT2D eigenvalue weighted by atomic mass is 10.1. The topological polar surface area (TPSA) is 99.1 Å². The third-order valence-electron chi connectivity index (χ3n) is 9.85. The third kappa shape index (κ3) is 39.7. The lowest BCUT2D eigenvalue weighted by Crippen LogP contribution is -2.50. The maximum atomic E-state index is 12.7. The van der Waals surface area contributed by atoms with Crippen molar-refractivity contribution in [2.24, 2.45) is 0 Å². The fourth-order valence-electron chi connectivity index (χ4n) is 6.32. The van der Waals surface area contributed by atoms with Gasteiger partial charge in [0, 0.05) is 19.3 Å². The molecule has 0 saturated carbocycles. The molecule has 0 aromatic rings. The Kier molecular flexibility index (Phi) is 38.8. The van der Waals surface area contributed by atoms with E-state index in [-0.39, 0.29) is 36.2 Å². The van der Waals surface area contributed by atoms with Crippen LogP contribution in [0.2, 0.25) is 0 Å². The van der Waals surface area contributed by atoms with Crippen LogP contribution >= 0.6 is 0 Å². The number of carbonyl (C=O) groups excluding carboxylic acids is 2. The highest BCUT2D eigenvalue weighted by molar-refractivity contribution is 5.72. The Morgan fingerprint density at radius 2 is 0.983 bits per heavy atom. The smallest absolute Gasteiger partial charge is 0.362 e. The van der Waals surface area contributed by atoms with Crippen LogP contribution in [0.1, 0.15) is 168 Å². The largest absolute Gasteiger partial charge is 0.477 e. The van der Waals surface area contributed by atoms with E-state index in [2.05, 4.69) is 98.9 Å². The normalized spacial score (nSPS) is 13.7. The molecule has 0 spiro atoms. The molecule has 0 aromatic carbocycles. The van der Waals surface area contributed by atoms with E-state index in [0.717, 1.165) is 89.9 Å². The zero-order chi connectivity index (χ0) is 43.5. The SMILES string of the molecule is CC/C=C/C=C/C=C/CCCCCCCCCC(=O)OC(COCCC(C(=O)O)[N+](C)(C)C)COC(=O)CCCCCCCCC/C=C/C/C=C/C/C=C/C/C=C/CC. The van der Waals surface area contributed by atoms with Gasteiger partial charge in [0.15, 0.2) is 12.1 Å². The van der Waals surface area contributed by atoms with Crippen molar-refractivity contribution in [2.75, 3.05) is 41.0 Å². The van der Waals surface area contributed by atoms with Gasteiger partial charge in [0.1, 0.15) is 6.61 Å². The van der Waals surface area contributed by atoms with Crippen LogP contribution in [0.4, 0.5) is 0 Å². The summed E-state index contributed by atoms with van der Waals surface area (Å²) < 4.78 is 17.3. The zero-order valence-corrected chi connectivity index (χ0v) is 38.2. The number of carboxylic acid groups (broad SMARTS) is 1. The number of carboxylic acids is 1. The standard InChI is InChI=1S/C51H85NO7/c1-6-8-10-12-14-16-18-20-22-23-24-25-26-28-29-31-33-35-37-39-41-49(53)58-46-47(45-57-44-43-48(51(55)56)52(3,4)5)59-50(54)42-40-38-36-34-32-30-27-21-19-17-15-13-11-9-7-2/h8-11,13-17,19-20,22,24-25,47-48H,6-7,12,18,21,23,26-46H2,1-5H3/p+1/b10-8+,11-9+,15-13+,16-14+,19-17+,22-20+,25-24+. The van der Waals surface area contributed by atoms with Gasteiger partial charge >= 0.3 is 17.9 Å². The number of ether oxygens (including phenoxy) is 3. The molecule has 0 fully saturated rings. The van der Waals surface area contributed by atoms with E-state index in [1.54, 1.807) is 0 Å². The second kappa shape index (κ2) is 41.3. The summed E-state index contributed by atoms with van der Waals surface area (Å²) in [6.07, 6.45) is 53.4. The fourth-order valence-corrected chi connectivity index (χ4v) is 6.32. The first-order valence-electron chi connectivity index (χ1n) is 23.2. The number of allylic oxidation sites excluding steroid dienone is 14. The van der Waals surface area contributed by atoms with Gasteiger partial charge in [0.2, 0.25) is 0 Å². The molecule has 0 aliphatic carbocycles. The first kappa shape index (κ1) is 55.5. The Balaban J connectivity index is 4.34. The highest BCUT2D eigenvalue weighted by Crippen LogP contribution is 2.14. The second-order valence-corrected chi connectivity index (χ2v) is 16.3. The summed E-state index contributed by atoms with van der Waals surface area (Å²) in [4.78, 5) is 37.0. The van der Waals surface area contributed by atoms with Crippen molar-refractivity contribution >= 4 is 17.9 Å². The van der Waals surface area contributed by atoms with Gasteiger partial charge in [0.25, 0.3) is 0 Å². The summed E-state index contributed by atoms with van der Waals surface area (Å²) in [5, 5.41) is 9.63. The number of rotatable bonds is 40. The first-order valence-corrected chi connectivity index (χ1v) is 23.2. The van der Waals surface area contributed by atoms with Gasteiger partial charge in [-0.25, -0.2) is 4.79 Å². The molecule has 0 aliphatic heterocycles. The molecule has 0 radical (unpaired) electrons. The molecule has 8 nitrogen and oxygen atoms in total. The maximum absolute atomic E-state index is 12.7. The number of aliphatic carboxylic acids is 1.